The van der Waals surface area contributed by atoms with Gasteiger partial charge in [-0.3, -0.25) is 10.1 Å². The van der Waals surface area contributed by atoms with Crippen molar-refractivity contribution in [3.63, 3.8) is 0 Å². The maximum Gasteiger partial charge on any atom is 0.271 e. The monoisotopic (exact) mass is 350 g/mol. The van der Waals surface area contributed by atoms with Gasteiger partial charge in [-0.15, -0.1) is 0 Å². The summed E-state index contributed by atoms with van der Waals surface area (Å²) in [5.41, 5.74) is 6.84. The Labute approximate surface area is 149 Å². The van der Waals surface area contributed by atoms with Crippen molar-refractivity contribution in [2.75, 3.05) is 44.2 Å². The third kappa shape index (κ3) is 4.83. The molecule has 0 radical (unpaired) electrons. The Balaban J connectivity index is 2.22. The Bertz CT molecular complexity index is 582. The second-order valence-electron chi connectivity index (χ2n) is 6.69. The number of non-ortho nitro benzene ring substituents is 1. The van der Waals surface area contributed by atoms with E-state index in [0.717, 1.165) is 51.3 Å². The van der Waals surface area contributed by atoms with Crippen molar-refractivity contribution >= 4 is 11.4 Å². The Morgan fingerprint density at radius 1 is 1.20 bits per heavy atom. The van der Waals surface area contributed by atoms with Crippen molar-refractivity contribution < 1.29 is 9.66 Å². The first-order chi connectivity index (χ1) is 11.9. The second kappa shape index (κ2) is 8.49. The van der Waals surface area contributed by atoms with Gasteiger partial charge in [0.2, 0.25) is 0 Å². The van der Waals surface area contributed by atoms with E-state index in [-0.39, 0.29) is 16.1 Å². The molecule has 0 atom stereocenters. The molecule has 0 amide bonds. The lowest BCUT2D eigenvalue weighted by Crippen LogP contribution is -2.46. The maximum atomic E-state index is 11.2. The highest BCUT2D eigenvalue weighted by molar-refractivity contribution is 5.63. The third-order valence-electron chi connectivity index (χ3n) is 5.24. The van der Waals surface area contributed by atoms with Gasteiger partial charge in [0.05, 0.1) is 10.6 Å². The zero-order valence-electron chi connectivity index (χ0n) is 15.5. The summed E-state index contributed by atoms with van der Waals surface area (Å²) < 4.78 is 6.02. The minimum Gasteiger partial charge on any atom is -0.489 e. The van der Waals surface area contributed by atoms with Gasteiger partial charge in [0.15, 0.2) is 0 Å². The summed E-state index contributed by atoms with van der Waals surface area (Å²) in [6, 6.07) is 4.82. The molecule has 0 spiro atoms. The molecule has 7 nitrogen and oxygen atoms in total. The number of nitrogens with two attached hydrogens (primary N) is 1. The third-order valence-corrected chi connectivity index (χ3v) is 5.24. The van der Waals surface area contributed by atoms with E-state index in [4.69, 9.17) is 10.5 Å². The first-order valence-electron chi connectivity index (χ1n) is 9.09. The van der Waals surface area contributed by atoms with Crippen LogP contribution in [0.5, 0.6) is 5.75 Å². The topological polar surface area (TPSA) is 84.9 Å². The molecule has 0 saturated carbocycles. The van der Waals surface area contributed by atoms with Crippen LogP contribution in [0.15, 0.2) is 18.2 Å². The van der Waals surface area contributed by atoms with Gasteiger partial charge in [-0.05, 0) is 25.5 Å². The fourth-order valence-corrected chi connectivity index (χ4v) is 2.97. The second-order valence-corrected chi connectivity index (χ2v) is 6.69. The molecule has 1 heterocycles. The number of likely N-dealkylation sites (N-methyl/N-ethyl adjacent to an activating group) is 1. The maximum absolute atomic E-state index is 11.2. The number of piperazine rings is 1. The predicted molar refractivity (Wildman–Crippen MR) is 100 cm³/mol. The number of hydrogen-bond acceptors (Lipinski definition) is 6. The van der Waals surface area contributed by atoms with E-state index in [1.54, 1.807) is 12.1 Å². The van der Waals surface area contributed by atoms with E-state index in [1.807, 2.05) is 13.8 Å². The van der Waals surface area contributed by atoms with Crippen LogP contribution in [-0.4, -0.2) is 54.7 Å². The Hall–Kier alpha value is -1.86. The van der Waals surface area contributed by atoms with Crippen LogP contribution in [0.25, 0.3) is 0 Å². The molecule has 1 aliphatic heterocycles. The van der Waals surface area contributed by atoms with Gasteiger partial charge in [0, 0.05) is 43.9 Å². The normalized spacial score (nSPS) is 16.1. The summed E-state index contributed by atoms with van der Waals surface area (Å²) in [5.74, 6) is 0.673. The quantitative estimate of drug-likeness (QED) is 0.573. The average Bonchev–Trinajstić information content (AvgIpc) is 2.66. The fourth-order valence-electron chi connectivity index (χ4n) is 2.97. The van der Waals surface area contributed by atoms with Gasteiger partial charge in [-0.1, -0.05) is 20.8 Å². The molecule has 25 heavy (non-hydrogen) atoms. The number of anilines is 1. The summed E-state index contributed by atoms with van der Waals surface area (Å²) >= 11 is 0. The molecule has 1 aliphatic rings. The van der Waals surface area contributed by atoms with Crippen molar-refractivity contribution in [1.29, 1.82) is 0 Å². The van der Waals surface area contributed by atoms with Crippen LogP contribution in [0.2, 0.25) is 0 Å². The number of benzene rings is 1. The molecule has 1 aromatic carbocycles. The van der Waals surface area contributed by atoms with E-state index in [9.17, 15) is 10.1 Å². The van der Waals surface area contributed by atoms with Gasteiger partial charge in [-0.2, -0.15) is 0 Å². The van der Waals surface area contributed by atoms with Gasteiger partial charge in [-0.25, -0.2) is 0 Å². The largest absolute Gasteiger partial charge is 0.489 e. The fraction of sp³-hybridized carbons (Fsp3) is 0.667. The lowest BCUT2D eigenvalue weighted by atomic mass is 9.96. The van der Waals surface area contributed by atoms with Crippen molar-refractivity contribution in [2.24, 2.45) is 5.73 Å². The summed E-state index contributed by atoms with van der Waals surface area (Å²) in [4.78, 5) is 15.4. The number of hydrogen-bond donors (Lipinski definition) is 1. The zero-order valence-corrected chi connectivity index (χ0v) is 15.5. The number of nitrogens with zero attached hydrogens (tertiary/aromatic N) is 3. The highest BCUT2D eigenvalue weighted by atomic mass is 16.6. The van der Waals surface area contributed by atoms with Gasteiger partial charge in [0.1, 0.15) is 12.4 Å². The van der Waals surface area contributed by atoms with Crippen LogP contribution in [0.1, 0.15) is 33.6 Å². The average molecular weight is 350 g/mol. The van der Waals surface area contributed by atoms with Crippen LogP contribution >= 0.6 is 0 Å². The lowest BCUT2D eigenvalue weighted by molar-refractivity contribution is -0.384. The molecule has 140 valence electrons. The number of nitro groups is 1. The first kappa shape index (κ1) is 19.5. The molecule has 2 rings (SSSR count). The van der Waals surface area contributed by atoms with Gasteiger partial charge >= 0.3 is 0 Å². The Kier molecular flexibility index (Phi) is 6.61. The van der Waals surface area contributed by atoms with Gasteiger partial charge < -0.3 is 20.3 Å². The molecular formula is C18H30N4O3. The first-order valence-corrected chi connectivity index (χ1v) is 9.09. The lowest BCUT2D eigenvalue weighted by Gasteiger charge is -2.36. The minimum absolute atomic E-state index is 0.0882. The van der Waals surface area contributed by atoms with E-state index < -0.39 is 0 Å². The van der Waals surface area contributed by atoms with E-state index in [0.29, 0.717) is 12.4 Å². The van der Waals surface area contributed by atoms with Gasteiger partial charge in [0.25, 0.3) is 5.69 Å². The van der Waals surface area contributed by atoms with Crippen molar-refractivity contribution in [2.45, 2.75) is 39.2 Å². The van der Waals surface area contributed by atoms with Crippen LogP contribution in [-0.2, 0) is 0 Å². The summed E-state index contributed by atoms with van der Waals surface area (Å²) in [6.45, 7) is 11.2. The van der Waals surface area contributed by atoms with Crippen LogP contribution in [0.4, 0.5) is 11.4 Å². The summed E-state index contributed by atoms with van der Waals surface area (Å²) in [6.07, 6.45) is 1.64. The van der Waals surface area contributed by atoms with Crippen LogP contribution in [0.3, 0.4) is 0 Å². The summed E-state index contributed by atoms with van der Waals surface area (Å²) in [7, 11) is 0. The molecule has 0 unspecified atom stereocenters. The highest BCUT2D eigenvalue weighted by Gasteiger charge is 2.25. The smallest absolute Gasteiger partial charge is 0.271 e. The molecule has 2 N–H and O–H groups in total. The molecule has 1 saturated heterocycles. The van der Waals surface area contributed by atoms with E-state index in [1.165, 1.54) is 6.07 Å². The summed E-state index contributed by atoms with van der Waals surface area (Å²) in [5, 5.41) is 11.2. The SMILES string of the molecule is CCN1CCN(c2cc([N+](=O)[O-])ccc2OCC(N)(CC)CC)CC1. The minimum atomic E-state index is -0.375. The molecule has 0 aliphatic carbocycles. The number of ether oxygens (including phenoxy) is 1. The van der Waals surface area contributed by atoms with Crippen molar-refractivity contribution in [3.05, 3.63) is 28.3 Å². The number of nitro benzene ring substituents is 1. The number of rotatable bonds is 8. The van der Waals surface area contributed by atoms with E-state index >= 15 is 0 Å². The van der Waals surface area contributed by atoms with Crippen molar-refractivity contribution in [1.82, 2.24) is 4.90 Å². The standard InChI is InChI=1S/C18H30N4O3/c1-4-18(19,5-2)14-25-17-8-7-15(22(23)24)13-16(17)21-11-9-20(6-3)10-12-21/h7-8,13H,4-6,9-12,14,19H2,1-3H3. The molecule has 0 aromatic heterocycles. The predicted octanol–water partition coefficient (Wildman–Crippen LogP) is 2.63. The molecular weight excluding hydrogens is 320 g/mol. The van der Waals surface area contributed by atoms with Crippen molar-refractivity contribution in [3.8, 4) is 5.75 Å². The van der Waals surface area contributed by atoms with E-state index in [2.05, 4.69) is 16.7 Å². The van der Waals surface area contributed by atoms with Crippen LogP contribution in [0, 0.1) is 10.1 Å². The van der Waals surface area contributed by atoms with Crippen LogP contribution < -0.4 is 15.4 Å². The molecule has 7 heteroatoms. The molecule has 1 fully saturated rings. The Morgan fingerprint density at radius 3 is 2.36 bits per heavy atom. The zero-order chi connectivity index (χ0) is 18.4. The Morgan fingerprint density at radius 2 is 1.84 bits per heavy atom. The molecule has 1 aromatic rings. The molecule has 0 bridgehead atoms. The highest BCUT2D eigenvalue weighted by Crippen LogP contribution is 2.34.